The molecule has 0 atom stereocenters. The minimum atomic E-state index is -0.550. The summed E-state index contributed by atoms with van der Waals surface area (Å²) < 4.78 is 1.08. The van der Waals surface area contributed by atoms with Gasteiger partial charge in [-0.3, -0.25) is 9.59 Å². The third-order valence-electron chi connectivity index (χ3n) is 4.47. The molecule has 0 aliphatic heterocycles. The summed E-state index contributed by atoms with van der Waals surface area (Å²) in [4.78, 5) is 40.4. The van der Waals surface area contributed by atoms with Crippen LogP contribution in [-0.2, 0) is 6.54 Å². The van der Waals surface area contributed by atoms with Crippen LogP contribution < -0.4 is 16.6 Å². The summed E-state index contributed by atoms with van der Waals surface area (Å²) in [6, 6.07) is 22.9. The van der Waals surface area contributed by atoms with Crippen molar-refractivity contribution in [2.45, 2.75) is 6.54 Å². The molecular weight excluding hydrogens is 354 g/mol. The van der Waals surface area contributed by atoms with Gasteiger partial charge in [0.15, 0.2) is 0 Å². The minimum absolute atomic E-state index is 0.279. The highest BCUT2D eigenvalue weighted by molar-refractivity contribution is 5.97. The number of amides is 1. The summed E-state index contributed by atoms with van der Waals surface area (Å²) >= 11 is 0. The van der Waals surface area contributed by atoms with Crippen LogP contribution >= 0.6 is 0 Å². The second-order valence-electron chi connectivity index (χ2n) is 6.33. The van der Waals surface area contributed by atoms with E-state index < -0.39 is 11.2 Å². The monoisotopic (exact) mass is 371 g/mol. The number of nitrogens with zero attached hydrogens (tertiary/aromatic N) is 1. The van der Waals surface area contributed by atoms with E-state index in [1.54, 1.807) is 36.4 Å². The molecule has 0 spiro atoms. The molecule has 6 heteroatoms. The van der Waals surface area contributed by atoms with E-state index in [1.165, 1.54) is 6.07 Å². The lowest BCUT2D eigenvalue weighted by Gasteiger charge is -2.08. The summed E-state index contributed by atoms with van der Waals surface area (Å²) in [7, 11) is 0. The summed E-state index contributed by atoms with van der Waals surface area (Å²) in [6.45, 7) is 0.393. The van der Waals surface area contributed by atoms with Crippen LogP contribution in [0.4, 0.5) is 0 Å². The Labute approximate surface area is 160 Å². The first-order valence-electron chi connectivity index (χ1n) is 8.80. The number of aromatic nitrogens is 2. The van der Waals surface area contributed by atoms with E-state index in [4.69, 9.17) is 0 Å². The van der Waals surface area contributed by atoms with Gasteiger partial charge in [0.05, 0.1) is 16.6 Å². The molecule has 0 aliphatic rings. The minimum Gasteiger partial charge on any atom is -0.348 e. The van der Waals surface area contributed by atoms with Crippen LogP contribution in [0.15, 0.2) is 88.5 Å². The summed E-state index contributed by atoms with van der Waals surface area (Å²) in [6.07, 6.45) is 0. The first kappa shape index (κ1) is 17.5. The Morgan fingerprint density at radius 3 is 2.29 bits per heavy atom. The van der Waals surface area contributed by atoms with E-state index in [1.807, 2.05) is 36.4 Å². The van der Waals surface area contributed by atoms with Gasteiger partial charge in [0, 0.05) is 12.1 Å². The van der Waals surface area contributed by atoms with Crippen molar-refractivity contribution in [3.63, 3.8) is 0 Å². The molecule has 0 bridgehead atoms. The molecule has 1 heterocycles. The van der Waals surface area contributed by atoms with Crippen LogP contribution in [0, 0.1) is 0 Å². The van der Waals surface area contributed by atoms with Gasteiger partial charge < -0.3 is 10.3 Å². The smallest absolute Gasteiger partial charge is 0.333 e. The molecule has 0 aliphatic carbocycles. The van der Waals surface area contributed by atoms with E-state index in [0.717, 1.165) is 10.1 Å². The van der Waals surface area contributed by atoms with Crippen LogP contribution in [0.5, 0.6) is 0 Å². The Bertz CT molecular complexity index is 1260. The topological polar surface area (TPSA) is 84.0 Å². The molecular formula is C22H17N3O3. The average Bonchev–Trinajstić information content (AvgIpc) is 2.73. The quantitative estimate of drug-likeness (QED) is 0.578. The number of benzene rings is 3. The lowest BCUT2D eigenvalue weighted by Crippen LogP contribution is -2.33. The van der Waals surface area contributed by atoms with Gasteiger partial charge in [0.2, 0.25) is 0 Å². The summed E-state index contributed by atoms with van der Waals surface area (Å²) in [5.41, 5.74) is 1.19. The highest BCUT2D eigenvalue weighted by atomic mass is 16.2. The van der Waals surface area contributed by atoms with E-state index in [0.29, 0.717) is 28.7 Å². The van der Waals surface area contributed by atoms with Crippen LogP contribution in [0.3, 0.4) is 0 Å². The van der Waals surface area contributed by atoms with Gasteiger partial charge in [0.1, 0.15) is 0 Å². The van der Waals surface area contributed by atoms with Crippen molar-refractivity contribution in [3.05, 3.63) is 111 Å². The Balaban J connectivity index is 1.67. The number of para-hydroxylation sites is 1. The first-order valence-corrected chi connectivity index (χ1v) is 8.80. The summed E-state index contributed by atoms with van der Waals surface area (Å²) in [5.74, 6) is -0.279. The molecule has 28 heavy (non-hydrogen) atoms. The number of hydrogen-bond donors (Lipinski definition) is 2. The molecule has 4 aromatic rings. The second-order valence-corrected chi connectivity index (χ2v) is 6.33. The maximum atomic E-state index is 12.8. The van der Waals surface area contributed by atoms with Crippen molar-refractivity contribution < 1.29 is 4.79 Å². The zero-order valence-corrected chi connectivity index (χ0v) is 14.9. The number of aromatic amines is 1. The normalized spacial score (nSPS) is 10.7. The third-order valence-corrected chi connectivity index (χ3v) is 4.47. The van der Waals surface area contributed by atoms with Gasteiger partial charge in [-0.1, -0.05) is 48.5 Å². The van der Waals surface area contributed by atoms with Crippen molar-refractivity contribution in [2.75, 3.05) is 0 Å². The van der Waals surface area contributed by atoms with Gasteiger partial charge in [-0.05, 0) is 35.9 Å². The maximum Gasteiger partial charge on any atom is 0.333 e. The highest BCUT2D eigenvalue weighted by Crippen LogP contribution is 2.11. The molecule has 0 saturated carbocycles. The van der Waals surface area contributed by atoms with Gasteiger partial charge >= 0.3 is 5.69 Å². The number of hydrogen-bond acceptors (Lipinski definition) is 3. The van der Waals surface area contributed by atoms with Crippen molar-refractivity contribution in [3.8, 4) is 5.69 Å². The lowest BCUT2D eigenvalue weighted by atomic mass is 10.1. The Hall–Kier alpha value is -3.93. The number of nitrogens with one attached hydrogen (secondary N) is 2. The van der Waals surface area contributed by atoms with Crippen LogP contribution in [-0.4, -0.2) is 15.5 Å². The Morgan fingerprint density at radius 2 is 1.57 bits per heavy atom. The number of H-pyrrole nitrogens is 1. The van der Waals surface area contributed by atoms with E-state index in [9.17, 15) is 14.4 Å². The molecule has 0 unspecified atom stereocenters. The van der Waals surface area contributed by atoms with E-state index in [-0.39, 0.29) is 5.91 Å². The zero-order chi connectivity index (χ0) is 19.5. The molecule has 138 valence electrons. The average molecular weight is 371 g/mol. The third kappa shape index (κ3) is 3.35. The molecule has 0 saturated heterocycles. The molecule has 0 fully saturated rings. The zero-order valence-electron chi connectivity index (χ0n) is 14.9. The lowest BCUT2D eigenvalue weighted by molar-refractivity contribution is 0.0951. The van der Waals surface area contributed by atoms with Gasteiger partial charge in [0.25, 0.3) is 11.5 Å². The predicted octanol–water partition coefficient (Wildman–Crippen LogP) is 2.61. The molecule has 4 rings (SSSR count). The number of carbonyl (C=O) groups excluding carboxylic acids is 1. The number of rotatable bonds is 4. The number of carbonyl (C=O) groups is 1. The van der Waals surface area contributed by atoms with Crippen molar-refractivity contribution in [1.29, 1.82) is 0 Å². The largest absolute Gasteiger partial charge is 0.348 e. The predicted molar refractivity (Wildman–Crippen MR) is 108 cm³/mol. The van der Waals surface area contributed by atoms with Crippen molar-refractivity contribution in [2.24, 2.45) is 0 Å². The fourth-order valence-corrected chi connectivity index (χ4v) is 3.05. The van der Waals surface area contributed by atoms with Gasteiger partial charge in [-0.15, -0.1) is 0 Å². The maximum absolute atomic E-state index is 12.8. The Kier molecular flexibility index (Phi) is 4.60. The van der Waals surface area contributed by atoms with Crippen LogP contribution in [0.2, 0.25) is 0 Å². The van der Waals surface area contributed by atoms with Gasteiger partial charge in [-0.2, -0.15) is 0 Å². The molecule has 1 amide bonds. The van der Waals surface area contributed by atoms with Crippen LogP contribution in [0.25, 0.3) is 16.6 Å². The molecule has 2 N–H and O–H groups in total. The van der Waals surface area contributed by atoms with E-state index >= 15 is 0 Å². The standard InChI is InChI=1S/C22H17N3O3/c26-20(23-14-15-7-3-1-4-8-15)16-11-12-18-19(13-16)24-22(28)25(21(18)27)17-9-5-2-6-10-17/h1-13H,14H2,(H,23,26)(H,24,28). The molecule has 6 nitrogen and oxygen atoms in total. The molecule has 3 aromatic carbocycles. The van der Waals surface area contributed by atoms with Crippen molar-refractivity contribution >= 4 is 16.8 Å². The van der Waals surface area contributed by atoms with Crippen LogP contribution in [0.1, 0.15) is 15.9 Å². The van der Waals surface area contributed by atoms with E-state index in [2.05, 4.69) is 10.3 Å². The summed E-state index contributed by atoms with van der Waals surface area (Å²) in [5, 5.41) is 3.17. The van der Waals surface area contributed by atoms with Crippen molar-refractivity contribution in [1.82, 2.24) is 14.9 Å². The number of fused-ring (bicyclic) bond motifs is 1. The van der Waals surface area contributed by atoms with Gasteiger partial charge in [-0.25, -0.2) is 9.36 Å². The highest BCUT2D eigenvalue weighted by Gasteiger charge is 2.12. The molecule has 0 radical (unpaired) electrons. The first-order chi connectivity index (χ1) is 13.6. The fraction of sp³-hybridized carbons (Fsp3) is 0.0455. The molecule has 1 aromatic heterocycles. The Morgan fingerprint density at radius 1 is 0.893 bits per heavy atom. The second kappa shape index (κ2) is 7.36. The SMILES string of the molecule is O=C(NCc1ccccc1)c1ccc2c(=O)n(-c3ccccc3)c(=O)[nH]c2c1. The fourth-order valence-electron chi connectivity index (χ4n) is 3.05.